The minimum atomic E-state index is -4.18. The standard InChI is InChI=1S/C15H27O4P/c1-12(2)7-5-8-13(3)9-6-10-14(4)15(16)11-20(17,18)19/h7,9,16H,5-6,8,10-11H2,1-4H3,(H2,17,18,19)/b13-9+,15-14-. The summed E-state index contributed by atoms with van der Waals surface area (Å²) in [6.45, 7) is 7.94. The summed E-state index contributed by atoms with van der Waals surface area (Å²) in [5.74, 6) is -0.186. The van der Waals surface area contributed by atoms with Crippen LogP contribution in [0.3, 0.4) is 0 Å². The third kappa shape index (κ3) is 11.0. The largest absolute Gasteiger partial charge is 0.512 e. The Hall–Kier alpha value is -0.830. The van der Waals surface area contributed by atoms with Crippen LogP contribution in [0, 0.1) is 0 Å². The lowest BCUT2D eigenvalue weighted by Gasteiger charge is -2.07. The molecule has 0 aromatic carbocycles. The van der Waals surface area contributed by atoms with E-state index in [9.17, 15) is 9.67 Å². The average molecular weight is 302 g/mol. The fourth-order valence-corrected chi connectivity index (χ4v) is 2.36. The SMILES string of the molecule is CC(C)=CCC/C(C)=C/CC/C(C)=C(\O)CP(=O)(O)O. The van der Waals surface area contributed by atoms with Gasteiger partial charge in [0.25, 0.3) is 0 Å². The summed E-state index contributed by atoms with van der Waals surface area (Å²) >= 11 is 0. The number of rotatable bonds is 8. The van der Waals surface area contributed by atoms with Crippen molar-refractivity contribution in [2.24, 2.45) is 0 Å². The Labute approximate surface area is 122 Å². The van der Waals surface area contributed by atoms with E-state index in [0.717, 1.165) is 19.3 Å². The van der Waals surface area contributed by atoms with Crippen LogP contribution in [-0.4, -0.2) is 21.1 Å². The molecule has 0 radical (unpaired) electrons. The Morgan fingerprint density at radius 2 is 1.55 bits per heavy atom. The molecule has 5 heteroatoms. The lowest BCUT2D eigenvalue weighted by molar-refractivity contribution is 0.353. The second-order valence-corrected chi connectivity index (χ2v) is 7.10. The van der Waals surface area contributed by atoms with E-state index in [1.54, 1.807) is 6.92 Å². The molecule has 3 N–H and O–H groups in total. The zero-order chi connectivity index (χ0) is 15.8. The molecule has 0 amide bonds. The van der Waals surface area contributed by atoms with Crippen LogP contribution in [0.15, 0.2) is 34.6 Å². The number of hydrogen-bond donors (Lipinski definition) is 3. The van der Waals surface area contributed by atoms with Gasteiger partial charge in [-0.1, -0.05) is 23.3 Å². The van der Waals surface area contributed by atoms with E-state index < -0.39 is 13.8 Å². The maximum Gasteiger partial charge on any atom is 0.333 e. The maximum absolute atomic E-state index is 10.8. The van der Waals surface area contributed by atoms with E-state index in [4.69, 9.17) is 9.79 Å². The molecule has 4 nitrogen and oxygen atoms in total. The lowest BCUT2D eigenvalue weighted by Crippen LogP contribution is -1.96. The molecule has 20 heavy (non-hydrogen) atoms. The number of allylic oxidation sites excluding steroid dienone is 6. The summed E-state index contributed by atoms with van der Waals surface area (Å²) in [6.07, 6.45) is 7.19. The normalized spacial score (nSPS) is 14.0. The fourth-order valence-electron chi connectivity index (χ4n) is 1.70. The molecule has 0 aliphatic carbocycles. The topological polar surface area (TPSA) is 77.8 Å². The van der Waals surface area contributed by atoms with Gasteiger partial charge >= 0.3 is 7.60 Å². The summed E-state index contributed by atoms with van der Waals surface area (Å²) in [4.78, 5) is 17.6. The molecule has 116 valence electrons. The highest BCUT2D eigenvalue weighted by Gasteiger charge is 2.16. The van der Waals surface area contributed by atoms with Crippen LogP contribution < -0.4 is 0 Å². The summed E-state index contributed by atoms with van der Waals surface area (Å²) in [6, 6.07) is 0. The van der Waals surface area contributed by atoms with Gasteiger partial charge in [0, 0.05) is 0 Å². The van der Waals surface area contributed by atoms with Gasteiger partial charge in [0.1, 0.15) is 11.9 Å². The molecule has 0 heterocycles. The first kappa shape index (κ1) is 19.2. The van der Waals surface area contributed by atoms with Crippen molar-refractivity contribution in [2.45, 2.75) is 53.4 Å². The van der Waals surface area contributed by atoms with Crippen LogP contribution in [0.5, 0.6) is 0 Å². The Bertz CT molecular complexity index is 437. The first-order chi connectivity index (χ1) is 9.11. The Kier molecular flexibility index (Phi) is 8.79. The van der Waals surface area contributed by atoms with Crippen LogP contribution in [0.1, 0.15) is 53.4 Å². The molecule has 0 aromatic heterocycles. The Morgan fingerprint density at radius 3 is 2.05 bits per heavy atom. The van der Waals surface area contributed by atoms with Crippen molar-refractivity contribution in [3.8, 4) is 0 Å². The zero-order valence-corrected chi connectivity index (χ0v) is 13.8. The van der Waals surface area contributed by atoms with Gasteiger partial charge in [-0.25, -0.2) is 0 Å². The van der Waals surface area contributed by atoms with Crippen LogP contribution in [0.25, 0.3) is 0 Å². The number of hydrogen-bond acceptors (Lipinski definition) is 2. The maximum atomic E-state index is 10.8. The first-order valence-corrected chi connectivity index (χ1v) is 8.62. The van der Waals surface area contributed by atoms with E-state index in [1.807, 2.05) is 0 Å². The van der Waals surface area contributed by atoms with Gasteiger partial charge in [-0.2, -0.15) is 0 Å². The van der Waals surface area contributed by atoms with Crippen molar-refractivity contribution in [3.05, 3.63) is 34.6 Å². The van der Waals surface area contributed by atoms with Gasteiger partial charge in [-0.3, -0.25) is 4.57 Å². The van der Waals surface area contributed by atoms with Crippen molar-refractivity contribution < 1.29 is 19.5 Å². The third-order valence-corrected chi connectivity index (χ3v) is 3.66. The molecule has 0 aromatic rings. The minimum Gasteiger partial charge on any atom is -0.512 e. The summed E-state index contributed by atoms with van der Waals surface area (Å²) in [5, 5.41) is 9.58. The second kappa shape index (κ2) is 9.17. The molecule has 0 aliphatic heterocycles. The van der Waals surface area contributed by atoms with E-state index in [2.05, 4.69) is 32.9 Å². The van der Waals surface area contributed by atoms with Crippen molar-refractivity contribution >= 4 is 7.60 Å². The Balaban J connectivity index is 4.24. The van der Waals surface area contributed by atoms with Crippen LogP contribution in [-0.2, 0) is 4.57 Å². The molecule has 0 saturated carbocycles. The van der Waals surface area contributed by atoms with Gasteiger partial charge in [0.2, 0.25) is 0 Å². The minimum absolute atomic E-state index is 0.186. The molecule has 0 aliphatic rings. The molecular weight excluding hydrogens is 275 g/mol. The molecule has 0 bridgehead atoms. The molecule has 0 unspecified atom stereocenters. The molecule has 0 rings (SSSR count). The van der Waals surface area contributed by atoms with Crippen molar-refractivity contribution in [3.63, 3.8) is 0 Å². The second-order valence-electron chi connectivity index (χ2n) is 5.46. The Morgan fingerprint density at radius 1 is 1.00 bits per heavy atom. The zero-order valence-electron chi connectivity index (χ0n) is 12.9. The molecule has 0 spiro atoms. The van der Waals surface area contributed by atoms with Crippen LogP contribution in [0.2, 0.25) is 0 Å². The highest BCUT2D eigenvalue weighted by molar-refractivity contribution is 7.52. The van der Waals surface area contributed by atoms with E-state index in [-0.39, 0.29) is 5.76 Å². The highest BCUT2D eigenvalue weighted by Crippen LogP contribution is 2.37. The van der Waals surface area contributed by atoms with Crippen LogP contribution in [0.4, 0.5) is 0 Å². The predicted octanol–water partition coefficient (Wildman–Crippen LogP) is 4.47. The quantitative estimate of drug-likeness (QED) is 0.351. The van der Waals surface area contributed by atoms with E-state index >= 15 is 0 Å². The predicted molar refractivity (Wildman–Crippen MR) is 83.9 cm³/mol. The molecule has 0 saturated heterocycles. The summed E-state index contributed by atoms with van der Waals surface area (Å²) in [7, 11) is -4.18. The highest BCUT2D eigenvalue weighted by atomic mass is 31.2. The third-order valence-electron chi connectivity index (χ3n) is 2.95. The molecule has 0 atom stereocenters. The number of aliphatic hydroxyl groups excluding tert-OH is 1. The van der Waals surface area contributed by atoms with E-state index in [0.29, 0.717) is 12.0 Å². The lowest BCUT2D eigenvalue weighted by atomic mass is 10.1. The molecule has 0 fully saturated rings. The van der Waals surface area contributed by atoms with E-state index in [1.165, 1.54) is 11.1 Å². The van der Waals surface area contributed by atoms with Crippen molar-refractivity contribution in [2.75, 3.05) is 6.16 Å². The van der Waals surface area contributed by atoms with Gasteiger partial charge < -0.3 is 14.9 Å². The van der Waals surface area contributed by atoms with Crippen LogP contribution >= 0.6 is 7.60 Å². The van der Waals surface area contributed by atoms with Gasteiger partial charge in [0.05, 0.1) is 0 Å². The molecular formula is C15H27O4P. The summed E-state index contributed by atoms with van der Waals surface area (Å²) < 4.78 is 10.8. The van der Waals surface area contributed by atoms with Crippen molar-refractivity contribution in [1.82, 2.24) is 0 Å². The van der Waals surface area contributed by atoms with Gasteiger partial charge in [-0.05, 0) is 59.0 Å². The first-order valence-electron chi connectivity index (χ1n) is 6.83. The monoisotopic (exact) mass is 302 g/mol. The number of aliphatic hydroxyl groups is 1. The average Bonchev–Trinajstić information content (AvgIpc) is 2.25. The fraction of sp³-hybridized carbons (Fsp3) is 0.600. The van der Waals surface area contributed by atoms with Gasteiger partial charge in [0.15, 0.2) is 0 Å². The summed E-state index contributed by atoms with van der Waals surface area (Å²) in [5.41, 5.74) is 3.25. The smallest absolute Gasteiger partial charge is 0.333 e. The van der Waals surface area contributed by atoms with Crippen molar-refractivity contribution in [1.29, 1.82) is 0 Å². The van der Waals surface area contributed by atoms with Gasteiger partial charge in [-0.15, -0.1) is 0 Å².